The highest BCUT2D eigenvalue weighted by Gasteiger charge is 2.27. The quantitative estimate of drug-likeness (QED) is 0.675. The van der Waals surface area contributed by atoms with Crippen LogP contribution >= 0.6 is 0 Å². The zero-order valence-corrected chi connectivity index (χ0v) is 14.9. The monoisotopic (exact) mass is 330 g/mol. The van der Waals surface area contributed by atoms with Crippen molar-refractivity contribution in [1.82, 2.24) is 15.0 Å². The number of fused-ring (bicyclic) bond motifs is 5. The van der Waals surface area contributed by atoms with E-state index >= 15 is 0 Å². The third-order valence-electron chi connectivity index (χ3n) is 4.74. The first-order valence-electron chi connectivity index (χ1n) is 8.64. The van der Waals surface area contributed by atoms with Crippen LogP contribution < -0.4 is 4.90 Å². The predicted octanol–water partition coefficient (Wildman–Crippen LogP) is 4.83. The highest BCUT2D eigenvalue weighted by molar-refractivity contribution is 5.89. The molecular weight excluding hydrogens is 308 g/mol. The molecule has 0 atom stereocenters. The maximum atomic E-state index is 4.54. The molecule has 2 aromatic carbocycles. The lowest BCUT2D eigenvalue weighted by Crippen LogP contribution is -2.31. The Morgan fingerprint density at radius 3 is 2.44 bits per heavy atom. The third-order valence-corrected chi connectivity index (χ3v) is 4.74. The number of allylic oxidation sites excluding steroid dienone is 1. The largest absolute Gasteiger partial charge is 0.364 e. The van der Waals surface area contributed by atoms with E-state index in [1.165, 1.54) is 16.8 Å². The second kappa shape index (κ2) is 5.88. The first kappa shape index (κ1) is 15.6. The van der Waals surface area contributed by atoms with Crippen LogP contribution in [0, 0.1) is 0 Å². The number of para-hydroxylation sites is 1. The Hall–Kier alpha value is -2.88. The maximum Gasteiger partial charge on any atom is 0.123 e. The van der Waals surface area contributed by atoms with Gasteiger partial charge in [0.25, 0.3) is 0 Å². The van der Waals surface area contributed by atoms with Crippen molar-refractivity contribution >= 4 is 11.4 Å². The van der Waals surface area contributed by atoms with Gasteiger partial charge in [-0.15, -0.1) is 5.10 Å². The molecule has 0 N–H and O–H groups in total. The summed E-state index contributed by atoms with van der Waals surface area (Å²) in [6, 6.07) is 17.4. The molecule has 0 aliphatic carbocycles. The summed E-state index contributed by atoms with van der Waals surface area (Å²) in [6.07, 6.45) is 0. The molecule has 2 heterocycles. The molecule has 0 fully saturated rings. The number of hydrogen-bond acceptors (Lipinski definition) is 3. The molecule has 4 nitrogen and oxygen atoms in total. The lowest BCUT2D eigenvalue weighted by atomic mass is 9.95. The molecule has 1 aliphatic heterocycles. The fourth-order valence-electron chi connectivity index (χ4n) is 3.52. The average molecular weight is 330 g/mol. The summed E-state index contributed by atoms with van der Waals surface area (Å²) in [5.74, 6) is 0. The molecule has 0 unspecified atom stereocenters. The third kappa shape index (κ3) is 2.45. The fraction of sp³-hybridized carbons (Fsp3) is 0.238. The zero-order valence-electron chi connectivity index (χ0n) is 14.9. The smallest absolute Gasteiger partial charge is 0.123 e. The van der Waals surface area contributed by atoms with E-state index in [2.05, 4.69) is 84.2 Å². The number of aromatic nitrogens is 3. The Bertz CT molecular complexity index is 952. The predicted molar refractivity (Wildman–Crippen MR) is 103 cm³/mol. The van der Waals surface area contributed by atoms with E-state index in [1.54, 1.807) is 0 Å². The minimum absolute atomic E-state index is 0.381. The summed E-state index contributed by atoms with van der Waals surface area (Å²) in [5, 5.41) is 8.94. The van der Waals surface area contributed by atoms with Crippen molar-refractivity contribution in [3.05, 3.63) is 60.7 Å². The van der Waals surface area contributed by atoms with Crippen molar-refractivity contribution in [3.63, 3.8) is 0 Å². The summed E-state index contributed by atoms with van der Waals surface area (Å²) in [5.41, 5.74) is 7.57. The summed E-state index contributed by atoms with van der Waals surface area (Å²) in [7, 11) is 0. The molecule has 3 aromatic rings. The second-order valence-corrected chi connectivity index (χ2v) is 6.83. The Morgan fingerprint density at radius 2 is 1.72 bits per heavy atom. The van der Waals surface area contributed by atoms with Gasteiger partial charge in [0.05, 0.1) is 0 Å². The number of hydrogen-bond donors (Lipinski definition) is 0. The van der Waals surface area contributed by atoms with Gasteiger partial charge in [0.15, 0.2) is 0 Å². The van der Waals surface area contributed by atoms with E-state index in [0.29, 0.717) is 6.04 Å². The molecule has 0 saturated heterocycles. The molecule has 0 radical (unpaired) electrons. The van der Waals surface area contributed by atoms with E-state index in [-0.39, 0.29) is 0 Å². The van der Waals surface area contributed by atoms with E-state index in [4.69, 9.17) is 0 Å². The maximum absolute atomic E-state index is 4.54. The van der Waals surface area contributed by atoms with Crippen LogP contribution in [0.3, 0.4) is 0 Å². The van der Waals surface area contributed by atoms with Crippen molar-refractivity contribution in [2.45, 2.75) is 33.4 Å². The van der Waals surface area contributed by atoms with Gasteiger partial charge in [0.2, 0.25) is 0 Å². The topological polar surface area (TPSA) is 34.0 Å². The lowest BCUT2D eigenvalue weighted by Gasteiger charge is -2.33. The van der Waals surface area contributed by atoms with Gasteiger partial charge >= 0.3 is 0 Å². The van der Waals surface area contributed by atoms with E-state index in [0.717, 1.165) is 29.2 Å². The zero-order chi connectivity index (χ0) is 17.6. The highest BCUT2D eigenvalue weighted by Crippen LogP contribution is 2.41. The number of anilines is 1. The molecule has 0 amide bonds. The summed E-state index contributed by atoms with van der Waals surface area (Å²) in [6.45, 7) is 11.4. The van der Waals surface area contributed by atoms with Gasteiger partial charge in [-0.25, -0.2) is 4.68 Å². The van der Waals surface area contributed by atoms with Crippen molar-refractivity contribution < 1.29 is 0 Å². The Kier molecular flexibility index (Phi) is 3.68. The van der Waals surface area contributed by atoms with Crippen LogP contribution in [0.15, 0.2) is 55.1 Å². The number of benzene rings is 2. The molecule has 126 valence electrons. The lowest BCUT2D eigenvalue weighted by molar-refractivity contribution is 0.683. The summed E-state index contributed by atoms with van der Waals surface area (Å²) in [4.78, 5) is 2.43. The van der Waals surface area contributed by atoms with E-state index < -0.39 is 0 Å². The van der Waals surface area contributed by atoms with Crippen LogP contribution in [0.2, 0.25) is 0 Å². The molecule has 4 heteroatoms. The molecule has 0 spiro atoms. The van der Waals surface area contributed by atoms with Gasteiger partial charge < -0.3 is 4.90 Å². The fourth-order valence-corrected chi connectivity index (χ4v) is 3.52. The van der Waals surface area contributed by atoms with Crippen LogP contribution in [0.1, 0.15) is 26.3 Å². The van der Waals surface area contributed by atoms with Crippen molar-refractivity contribution in [2.24, 2.45) is 0 Å². The summed E-state index contributed by atoms with van der Waals surface area (Å²) >= 11 is 0. The average Bonchev–Trinajstić information content (AvgIpc) is 3.03. The van der Waals surface area contributed by atoms with Gasteiger partial charge in [-0.3, -0.25) is 0 Å². The van der Waals surface area contributed by atoms with E-state index in [9.17, 15) is 0 Å². The van der Waals surface area contributed by atoms with E-state index in [1.807, 2.05) is 11.6 Å². The minimum atomic E-state index is 0.381. The molecule has 1 aromatic heterocycles. The molecule has 1 aliphatic rings. The van der Waals surface area contributed by atoms with Crippen molar-refractivity contribution in [3.8, 4) is 22.5 Å². The van der Waals surface area contributed by atoms with Gasteiger partial charge in [-0.05, 0) is 32.4 Å². The Morgan fingerprint density at radius 1 is 1.04 bits per heavy atom. The highest BCUT2D eigenvalue weighted by atomic mass is 15.4. The van der Waals surface area contributed by atoms with Gasteiger partial charge in [0.1, 0.15) is 11.4 Å². The Labute approximate surface area is 148 Å². The van der Waals surface area contributed by atoms with Crippen molar-refractivity contribution in [2.75, 3.05) is 4.90 Å². The summed E-state index contributed by atoms with van der Waals surface area (Å²) < 4.78 is 1.86. The molecule has 25 heavy (non-hydrogen) atoms. The van der Waals surface area contributed by atoms with Gasteiger partial charge in [-0.2, -0.15) is 0 Å². The Balaban J connectivity index is 2.10. The minimum Gasteiger partial charge on any atom is -0.364 e. The van der Waals surface area contributed by atoms with Crippen molar-refractivity contribution in [1.29, 1.82) is 0 Å². The normalized spacial score (nSPS) is 12.9. The molecule has 0 bridgehead atoms. The van der Waals surface area contributed by atoms with Crippen LogP contribution in [0.4, 0.5) is 5.69 Å². The molecular formula is C21H22N4. The number of rotatable bonds is 2. The first-order chi connectivity index (χ1) is 12.1. The van der Waals surface area contributed by atoms with Crippen LogP contribution in [-0.2, 0) is 6.54 Å². The number of nitrogens with zero attached hydrogens (tertiary/aromatic N) is 4. The van der Waals surface area contributed by atoms with Crippen LogP contribution in [0.25, 0.3) is 28.2 Å². The van der Waals surface area contributed by atoms with Crippen LogP contribution in [0.5, 0.6) is 0 Å². The van der Waals surface area contributed by atoms with Gasteiger partial charge in [-0.1, -0.05) is 54.3 Å². The first-order valence-corrected chi connectivity index (χ1v) is 8.64. The second-order valence-electron chi connectivity index (χ2n) is 6.83. The standard InChI is InChI=1S/C21H22N4/c1-14(2)24-13-16-9-5-6-10-17(16)21-20(22-23-25(21)15(3)4)18-11-7-8-12-19(18)24/h5-12,14H,3,13H2,1-2,4H3. The van der Waals surface area contributed by atoms with Gasteiger partial charge in [0, 0.05) is 35.1 Å². The van der Waals surface area contributed by atoms with Crippen LogP contribution in [-0.4, -0.2) is 21.0 Å². The SMILES string of the molecule is C=C(C)n1nnc2c1-c1ccccc1CN(C(C)C)c1ccccc1-2. The molecule has 0 saturated carbocycles. The molecule has 4 rings (SSSR count).